The van der Waals surface area contributed by atoms with Crippen molar-refractivity contribution < 1.29 is 12.8 Å². The van der Waals surface area contributed by atoms with Gasteiger partial charge in [-0.3, -0.25) is 0 Å². The lowest BCUT2D eigenvalue weighted by Gasteiger charge is -2.33. The Hall–Kier alpha value is -1.18. The van der Waals surface area contributed by atoms with Gasteiger partial charge in [-0.2, -0.15) is 4.31 Å². The monoisotopic (exact) mass is 301 g/mol. The zero-order chi connectivity index (χ0) is 14.8. The number of nitrogens with zero attached hydrogens (tertiary/aromatic N) is 2. The Morgan fingerprint density at radius 2 is 1.90 bits per heavy atom. The van der Waals surface area contributed by atoms with E-state index in [2.05, 4.69) is 11.8 Å². The van der Waals surface area contributed by atoms with E-state index >= 15 is 0 Å². The Labute approximate surface area is 119 Å². The molecule has 0 amide bonds. The average molecular weight is 301 g/mol. The van der Waals surface area contributed by atoms with E-state index in [9.17, 15) is 12.8 Å². The summed E-state index contributed by atoms with van der Waals surface area (Å²) in [5.41, 5.74) is 5.76. The molecule has 7 heteroatoms. The second-order valence-electron chi connectivity index (χ2n) is 4.93. The van der Waals surface area contributed by atoms with Crippen LogP contribution in [0.1, 0.15) is 13.3 Å². The highest BCUT2D eigenvalue weighted by Gasteiger charge is 2.29. The molecule has 1 aromatic carbocycles. The zero-order valence-corrected chi connectivity index (χ0v) is 12.4. The number of nitrogen functional groups attached to an aromatic ring is 1. The number of hydrogen-bond donors (Lipinski definition) is 1. The molecule has 2 rings (SSSR count). The van der Waals surface area contributed by atoms with Crippen LogP contribution in [0.15, 0.2) is 23.1 Å². The number of halogens is 1. The van der Waals surface area contributed by atoms with Crippen LogP contribution in [0.4, 0.5) is 10.1 Å². The van der Waals surface area contributed by atoms with Gasteiger partial charge in [0.2, 0.25) is 10.0 Å². The molecular formula is C13H20FN3O2S. The van der Waals surface area contributed by atoms with Gasteiger partial charge in [0.1, 0.15) is 10.7 Å². The van der Waals surface area contributed by atoms with E-state index in [1.165, 1.54) is 10.4 Å². The molecule has 20 heavy (non-hydrogen) atoms. The van der Waals surface area contributed by atoms with Crippen LogP contribution in [0, 0.1) is 5.82 Å². The minimum atomic E-state index is -3.71. The normalized spacial score (nSPS) is 18.3. The lowest BCUT2D eigenvalue weighted by Crippen LogP contribution is -2.48. The van der Waals surface area contributed by atoms with Crippen molar-refractivity contribution in [3.8, 4) is 0 Å². The molecule has 0 atom stereocenters. The summed E-state index contributed by atoms with van der Waals surface area (Å²) in [6, 6.07) is 3.44. The third kappa shape index (κ3) is 3.11. The number of rotatable bonds is 4. The van der Waals surface area contributed by atoms with Gasteiger partial charge in [0.15, 0.2) is 0 Å². The van der Waals surface area contributed by atoms with Crippen LogP contribution in [-0.4, -0.2) is 50.3 Å². The summed E-state index contributed by atoms with van der Waals surface area (Å²) >= 11 is 0. The van der Waals surface area contributed by atoms with Gasteiger partial charge in [-0.25, -0.2) is 12.8 Å². The van der Waals surface area contributed by atoms with Crippen LogP contribution in [0.2, 0.25) is 0 Å². The lowest BCUT2D eigenvalue weighted by molar-refractivity contribution is 0.188. The Kier molecular flexibility index (Phi) is 4.62. The molecule has 1 aromatic rings. The molecular weight excluding hydrogens is 281 g/mol. The van der Waals surface area contributed by atoms with Crippen molar-refractivity contribution in [3.63, 3.8) is 0 Å². The van der Waals surface area contributed by atoms with Crippen LogP contribution in [0.5, 0.6) is 0 Å². The Bertz CT molecular complexity index is 569. The first-order chi connectivity index (χ1) is 9.45. The molecule has 0 aromatic heterocycles. The number of benzene rings is 1. The maximum absolute atomic E-state index is 13.3. The Morgan fingerprint density at radius 3 is 2.50 bits per heavy atom. The highest BCUT2D eigenvalue weighted by Crippen LogP contribution is 2.24. The van der Waals surface area contributed by atoms with Crippen molar-refractivity contribution >= 4 is 15.7 Å². The predicted molar refractivity (Wildman–Crippen MR) is 76.3 cm³/mol. The fourth-order valence-electron chi connectivity index (χ4n) is 2.38. The summed E-state index contributed by atoms with van der Waals surface area (Å²) in [4.78, 5) is 2.09. The Morgan fingerprint density at radius 1 is 1.25 bits per heavy atom. The summed E-state index contributed by atoms with van der Waals surface area (Å²) < 4.78 is 39.6. The molecule has 5 nitrogen and oxygen atoms in total. The average Bonchev–Trinajstić information content (AvgIpc) is 2.42. The zero-order valence-electron chi connectivity index (χ0n) is 11.5. The molecule has 1 aliphatic rings. The van der Waals surface area contributed by atoms with Crippen molar-refractivity contribution in [1.82, 2.24) is 9.21 Å². The highest BCUT2D eigenvalue weighted by molar-refractivity contribution is 7.89. The van der Waals surface area contributed by atoms with E-state index in [1.807, 2.05) is 0 Å². The standard InChI is InChI=1S/C13H20FN3O2S/c1-2-5-16-6-8-17(9-7-16)20(18,19)13-10-11(14)3-4-12(13)15/h3-4,10H,2,5-9,15H2,1H3. The highest BCUT2D eigenvalue weighted by atomic mass is 32.2. The summed E-state index contributed by atoms with van der Waals surface area (Å²) in [5, 5.41) is 0. The van der Waals surface area contributed by atoms with Gasteiger partial charge in [-0.1, -0.05) is 6.92 Å². The molecule has 1 fully saturated rings. The molecule has 0 saturated carbocycles. The van der Waals surface area contributed by atoms with Gasteiger partial charge in [0, 0.05) is 26.2 Å². The third-order valence-electron chi connectivity index (χ3n) is 3.46. The lowest BCUT2D eigenvalue weighted by atomic mass is 10.3. The molecule has 0 aliphatic carbocycles. The first-order valence-corrected chi connectivity index (χ1v) is 8.16. The maximum atomic E-state index is 13.3. The SMILES string of the molecule is CCCN1CCN(S(=O)(=O)c2cc(F)ccc2N)CC1. The van der Waals surface area contributed by atoms with Gasteiger partial charge < -0.3 is 10.6 Å². The molecule has 1 heterocycles. The summed E-state index contributed by atoms with van der Waals surface area (Å²) in [6.45, 7) is 5.29. The second kappa shape index (κ2) is 6.07. The van der Waals surface area contributed by atoms with Crippen LogP contribution in [0.3, 0.4) is 0 Å². The third-order valence-corrected chi connectivity index (χ3v) is 5.42. The van der Waals surface area contributed by atoms with E-state index < -0.39 is 15.8 Å². The predicted octanol–water partition coefficient (Wildman–Crippen LogP) is 1.12. The van der Waals surface area contributed by atoms with Crippen LogP contribution < -0.4 is 5.73 Å². The van der Waals surface area contributed by atoms with Crippen LogP contribution in [-0.2, 0) is 10.0 Å². The molecule has 112 valence electrons. The van der Waals surface area contributed by atoms with Crippen molar-refractivity contribution in [2.45, 2.75) is 18.2 Å². The molecule has 0 spiro atoms. The quantitative estimate of drug-likeness (QED) is 0.847. The molecule has 0 bridgehead atoms. The smallest absolute Gasteiger partial charge is 0.245 e. The van der Waals surface area contributed by atoms with Crippen molar-refractivity contribution in [2.24, 2.45) is 0 Å². The molecule has 0 unspecified atom stereocenters. The fourth-order valence-corrected chi connectivity index (χ4v) is 3.93. The van der Waals surface area contributed by atoms with Gasteiger partial charge >= 0.3 is 0 Å². The van der Waals surface area contributed by atoms with Crippen molar-refractivity contribution in [1.29, 1.82) is 0 Å². The molecule has 0 radical (unpaired) electrons. The maximum Gasteiger partial charge on any atom is 0.245 e. The molecule has 1 saturated heterocycles. The largest absolute Gasteiger partial charge is 0.398 e. The van der Waals surface area contributed by atoms with Gasteiger partial charge in [0.05, 0.1) is 5.69 Å². The minimum absolute atomic E-state index is 0.0855. The first kappa shape index (κ1) is 15.2. The summed E-state index contributed by atoms with van der Waals surface area (Å²) in [7, 11) is -3.71. The van der Waals surface area contributed by atoms with E-state index in [0.29, 0.717) is 26.2 Å². The summed E-state index contributed by atoms with van der Waals surface area (Å²) in [6.07, 6.45) is 1.05. The topological polar surface area (TPSA) is 66.6 Å². The fraction of sp³-hybridized carbons (Fsp3) is 0.538. The Balaban J connectivity index is 2.18. The number of hydrogen-bond acceptors (Lipinski definition) is 4. The van der Waals surface area contributed by atoms with Gasteiger partial charge in [-0.15, -0.1) is 0 Å². The summed E-state index contributed by atoms with van der Waals surface area (Å²) in [5.74, 6) is -0.595. The van der Waals surface area contributed by atoms with Crippen molar-refractivity contribution in [2.75, 3.05) is 38.5 Å². The van der Waals surface area contributed by atoms with Crippen molar-refractivity contribution in [3.05, 3.63) is 24.0 Å². The van der Waals surface area contributed by atoms with Gasteiger partial charge in [-0.05, 0) is 31.2 Å². The van der Waals surface area contributed by atoms with E-state index in [-0.39, 0.29) is 10.6 Å². The first-order valence-electron chi connectivity index (χ1n) is 6.72. The molecule has 1 aliphatic heterocycles. The van der Waals surface area contributed by atoms with E-state index in [4.69, 9.17) is 5.73 Å². The second-order valence-corrected chi connectivity index (χ2v) is 6.83. The van der Waals surface area contributed by atoms with Crippen LogP contribution >= 0.6 is 0 Å². The van der Waals surface area contributed by atoms with Gasteiger partial charge in [0.25, 0.3) is 0 Å². The minimum Gasteiger partial charge on any atom is -0.398 e. The van der Waals surface area contributed by atoms with E-state index in [1.54, 1.807) is 0 Å². The molecule has 2 N–H and O–H groups in total. The van der Waals surface area contributed by atoms with Crippen LogP contribution in [0.25, 0.3) is 0 Å². The number of anilines is 1. The number of sulfonamides is 1. The van der Waals surface area contributed by atoms with E-state index in [0.717, 1.165) is 25.1 Å². The number of nitrogens with two attached hydrogens (primary N) is 1. The number of piperazine rings is 1.